The van der Waals surface area contributed by atoms with E-state index in [-0.39, 0.29) is 0 Å². The van der Waals surface area contributed by atoms with Gasteiger partial charge >= 0.3 is 0 Å². The van der Waals surface area contributed by atoms with Crippen molar-refractivity contribution >= 4 is 22.5 Å². The van der Waals surface area contributed by atoms with Gasteiger partial charge in [-0.3, -0.25) is 0 Å². The van der Waals surface area contributed by atoms with Crippen LogP contribution in [0.2, 0.25) is 0 Å². The largest absolute Gasteiger partial charge is 0.496 e. The van der Waals surface area contributed by atoms with Crippen molar-refractivity contribution < 1.29 is 4.74 Å². The maximum atomic E-state index is 6.03. The number of pyridine rings is 1. The Morgan fingerprint density at radius 3 is 2.64 bits per heavy atom. The predicted octanol–water partition coefficient (Wildman–Crippen LogP) is 4.15. The van der Waals surface area contributed by atoms with Crippen LogP contribution in [0, 0.1) is 0 Å². The fourth-order valence-electron chi connectivity index (χ4n) is 4.21. The average Bonchev–Trinajstić information content (AvgIpc) is 3.58. The number of fused-ring (bicyclic) bond motifs is 1. The van der Waals surface area contributed by atoms with Crippen molar-refractivity contribution in [1.29, 1.82) is 0 Å². The first-order chi connectivity index (χ1) is 13.7. The van der Waals surface area contributed by atoms with Crippen LogP contribution in [-0.2, 0) is 0 Å². The molecule has 6 nitrogen and oxygen atoms in total. The average molecular weight is 375 g/mol. The van der Waals surface area contributed by atoms with Crippen molar-refractivity contribution in [2.75, 3.05) is 30.8 Å². The summed E-state index contributed by atoms with van der Waals surface area (Å²) in [5.41, 5.74) is 10.1. The molecule has 0 spiro atoms. The second-order valence-electron chi connectivity index (χ2n) is 7.76. The molecule has 144 valence electrons. The number of rotatable bonds is 4. The lowest BCUT2D eigenvalue weighted by atomic mass is 9.99. The molecule has 1 saturated heterocycles. The van der Waals surface area contributed by atoms with E-state index in [1.165, 1.54) is 37.7 Å². The van der Waals surface area contributed by atoms with Crippen molar-refractivity contribution in [2.45, 2.75) is 38.0 Å². The number of nitrogen functional groups attached to an aromatic ring is 1. The lowest BCUT2D eigenvalue weighted by molar-refractivity contribution is 0.417. The second kappa shape index (κ2) is 6.93. The third kappa shape index (κ3) is 3.03. The predicted molar refractivity (Wildman–Crippen MR) is 112 cm³/mol. The Morgan fingerprint density at radius 1 is 1.07 bits per heavy atom. The summed E-state index contributed by atoms with van der Waals surface area (Å²) in [4.78, 5) is 16.2. The zero-order chi connectivity index (χ0) is 19.1. The van der Waals surface area contributed by atoms with Crippen LogP contribution in [0.4, 0.5) is 11.6 Å². The van der Waals surface area contributed by atoms with Gasteiger partial charge in [-0.2, -0.15) is 0 Å². The highest BCUT2D eigenvalue weighted by Gasteiger charge is 2.28. The molecule has 0 radical (unpaired) electrons. The number of aromatic nitrogens is 3. The minimum Gasteiger partial charge on any atom is -0.496 e. The summed E-state index contributed by atoms with van der Waals surface area (Å²) in [5.74, 6) is 2.88. The standard InChI is InChI=1S/C22H25N5O/c1-28-19-12-16-18(24-13-25-22(16)27-9-3-2-4-10-27)11-17(19)21-15(14-5-6-14)7-8-20(23)26-21/h7-8,11-14H,2-6,9-10H2,1H3,(H2,23,26). The summed E-state index contributed by atoms with van der Waals surface area (Å²) in [6.45, 7) is 2.08. The van der Waals surface area contributed by atoms with E-state index in [2.05, 4.69) is 38.1 Å². The fraction of sp³-hybridized carbons (Fsp3) is 0.409. The molecule has 5 rings (SSSR count). The highest BCUT2D eigenvalue weighted by atomic mass is 16.5. The van der Waals surface area contributed by atoms with E-state index in [1.54, 1.807) is 13.4 Å². The van der Waals surface area contributed by atoms with Gasteiger partial charge < -0.3 is 15.4 Å². The highest BCUT2D eigenvalue weighted by Crippen LogP contribution is 2.46. The summed E-state index contributed by atoms with van der Waals surface area (Å²) in [5, 5.41) is 1.03. The van der Waals surface area contributed by atoms with Gasteiger partial charge in [0.1, 0.15) is 23.7 Å². The van der Waals surface area contributed by atoms with Crippen LogP contribution in [0.5, 0.6) is 5.75 Å². The van der Waals surface area contributed by atoms with Crippen molar-refractivity contribution in [2.24, 2.45) is 0 Å². The number of anilines is 2. The van der Waals surface area contributed by atoms with Crippen LogP contribution in [0.1, 0.15) is 43.6 Å². The molecular formula is C22H25N5O. The van der Waals surface area contributed by atoms with Gasteiger partial charge in [0.25, 0.3) is 0 Å². The first-order valence-corrected chi connectivity index (χ1v) is 10.1. The first-order valence-electron chi connectivity index (χ1n) is 10.1. The van der Waals surface area contributed by atoms with E-state index in [0.29, 0.717) is 11.7 Å². The molecule has 3 heterocycles. The number of piperidine rings is 1. The molecule has 2 N–H and O–H groups in total. The zero-order valence-corrected chi connectivity index (χ0v) is 16.2. The van der Waals surface area contributed by atoms with Gasteiger partial charge in [0.15, 0.2) is 0 Å². The number of benzene rings is 1. The van der Waals surface area contributed by atoms with Crippen molar-refractivity contribution in [3.05, 3.63) is 36.2 Å². The van der Waals surface area contributed by atoms with Gasteiger partial charge in [-0.05, 0) is 61.8 Å². The highest BCUT2D eigenvalue weighted by molar-refractivity contribution is 5.95. The maximum Gasteiger partial charge on any atom is 0.140 e. The van der Waals surface area contributed by atoms with Crippen LogP contribution in [-0.4, -0.2) is 35.2 Å². The van der Waals surface area contributed by atoms with Crippen LogP contribution >= 0.6 is 0 Å². The Balaban J connectivity index is 1.68. The van der Waals surface area contributed by atoms with Gasteiger partial charge in [0.05, 0.1) is 18.3 Å². The summed E-state index contributed by atoms with van der Waals surface area (Å²) >= 11 is 0. The smallest absolute Gasteiger partial charge is 0.140 e. The van der Waals surface area contributed by atoms with Crippen LogP contribution < -0.4 is 15.4 Å². The van der Waals surface area contributed by atoms with Gasteiger partial charge in [0, 0.05) is 24.0 Å². The molecule has 1 aromatic carbocycles. The third-order valence-corrected chi connectivity index (χ3v) is 5.81. The number of hydrogen-bond acceptors (Lipinski definition) is 6. The molecule has 2 fully saturated rings. The molecule has 0 amide bonds. The Kier molecular flexibility index (Phi) is 4.26. The Morgan fingerprint density at radius 2 is 1.89 bits per heavy atom. The van der Waals surface area contributed by atoms with E-state index in [1.807, 2.05) is 6.07 Å². The lowest BCUT2D eigenvalue weighted by Crippen LogP contribution is -2.30. The van der Waals surface area contributed by atoms with Gasteiger partial charge in [-0.15, -0.1) is 0 Å². The summed E-state index contributed by atoms with van der Waals surface area (Å²) < 4.78 is 5.79. The van der Waals surface area contributed by atoms with E-state index in [4.69, 9.17) is 10.5 Å². The molecular weight excluding hydrogens is 350 g/mol. The molecule has 6 heteroatoms. The number of nitrogens with zero attached hydrogens (tertiary/aromatic N) is 4. The normalized spacial score (nSPS) is 17.1. The van der Waals surface area contributed by atoms with Gasteiger partial charge in [0.2, 0.25) is 0 Å². The maximum absolute atomic E-state index is 6.03. The molecule has 3 aromatic rings. The lowest BCUT2D eigenvalue weighted by Gasteiger charge is -2.28. The van der Waals surface area contributed by atoms with E-state index >= 15 is 0 Å². The minimum absolute atomic E-state index is 0.526. The van der Waals surface area contributed by atoms with Crippen molar-refractivity contribution in [3.63, 3.8) is 0 Å². The Hall–Kier alpha value is -2.89. The van der Waals surface area contributed by atoms with Gasteiger partial charge in [-0.1, -0.05) is 6.07 Å². The molecule has 0 unspecified atom stereocenters. The van der Waals surface area contributed by atoms with Crippen LogP contribution in [0.3, 0.4) is 0 Å². The van der Waals surface area contributed by atoms with E-state index in [9.17, 15) is 0 Å². The van der Waals surface area contributed by atoms with Crippen molar-refractivity contribution in [1.82, 2.24) is 15.0 Å². The first kappa shape index (κ1) is 17.2. The molecule has 2 aromatic heterocycles. The quantitative estimate of drug-likeness (QED) is 0.738. The molecule has 2 aliphatic rings. The fourth-order valence-corrected chi connectivity index (χ4v) is 4.21. The summed E-state index contributed by atoms with van der Waals surface area (Å²) in [7, 11) is 1.71. The minimum atomic E-state index is 0.526. The van der Waals surface area contributed by atoms with E-state index in [0.717, 1.165) is 46.8 Å². The SMILES string of the molecule is COc1cc2c(N3CCCCC3)ncnc2cc1-c1nc(N)ccc1C1CC1. The molecule has 1 aliphatic carbocycles. The summed E-state index contributed by atoms with van der Waals surface area (Å²) in [6, 6.07) is 8.15. The van der Waals surface area contributed by atoms with Crippen LogP contribution in [0.25, 0.3) is 22.2 Å². The Labute approximate surface area is 164 Å². The van der Waals surface area contributed by atoms with Crippen LogP contribution in [0.15, 0.2) is 30.6 Å². The molecule has 0 bridgehead atoms. The Bertz CT molecular complexity index is 1020. The topological polar surface area (TPSA) is 77.2 Å². The number of nitrogens with two attached hydrogens (primary N) is 1. The molecule has 0 atom stereocenters. The number of hydrogen-bond donors (Lipinski definition) is 1. The van der Waals surface area contributed by atoms with E-state index < -0.39 is 0 Å². The zero-order valence-electron chi connectivity index (χ0n) is 16.2. The number of ether oxygens (including phenoxy) is 1. The molecule has 1 aliphatic heterocycles. The van der Waals surface area contributed by atoms with Gasteiger partial charge in [-0.25, -0.2) is 15.0 Å². The number of methoxy groups -OCH3 is 1. The summed E-state index contributed by atoms with van der Waals surface area (Å²) in [6.07, 6.45) is 7.78. The second-order valence-corrected chi connectivity index (χ2v) is 7.76. The third-order valence-electron chi connectivity index (χ3n) is 5.81. The monoisotopic (exact) mass is 375 g/mol. The molecule has 1 saturated carbocycles. The molecule has 28 heavy (non-hydrogen) atoms. The van der Waals surface area contributed by atoms with Crippen molar-refractivity contribution in [3.8, 4) is 17.0 Å².